The number of aromatic nitrogens is 2. The summed E-state index contributed by atoms with van der Waals surface area (Å²) in [6.07, 6.45) is 1.49. The van der Waals surface area contributed by atoms with Gasteiger partial charge in [0, 0.05) is 7.05 Å². The lowest BCUT2D eigenvalue weighted by atomic mass is 10.8. The van der Waals surface area contributed by atoms with Gasteiger partial charge in [-0.25, -0.2) is 9.66 Å². The number of hydrogen-bond acceptors (Lipinski definition) is 4. The molecule has 0 amide bonds. The minimum Gasteiger partial charge on any atom is -0.382 e. The summed E-state index contributed by atoms with van der Waals surface area (Å²) >= 11 is 0. The molecule has 5 nitrogen and oxygen atoms in total. The van der Waals surface area contributed by atoms with Gasteiger partial charge in [0.25, 0.3) is 0 Å². The molecule has 0 spiro atoms. The number of nitrogens with two attached hydrogens (primary N) is 2. The van der Waals surface area contributed by atoms with E-state index in [4.69, 9.17) is 11.6 Å². The van der Waals surface area contributed by atoms with Gasteiger partial charge in [0.1, 0.15) is 5.82 Å². The Morgan fingerprint density at radius 1 is 1.78 bits per heavy atom. The van der Waals surface area contributed by atoms with Crippen molar-refractivity contribution in [1.82, 2.24) is 9.66 Å². The normalized spacial score (nSPS) is 9.44. The fourth-order valence-corrected chi connectivity index (χ4v) is 0.559. The van der Waals surface area contributed by atoms with E-state index in [1.54, 1.807) is 7.05 Å². The van der Waals surface area contributed by atoms with Gasteiger partial charge in [-0.2, -0.15) is 0 Å². The molecule has 1 rings (SSSR count). The molecule has 5 heteroatoms. The standard InChI is InChI=1S/C4H9N5/c1-7-4-8-2-3(5)9(4)6/h2H,5-6H2,1H3,(H,7,8). The molecule has 0 aliphatic carbocycles. The van der Waals surface area contributed by atoms with Crippen molar-refractivity contribution in [3.8, 4) is 0 Å². The molecule has 0 saturated carbocycles. The Kier molecular flexibility index (Phi) is 1.18. The number of nitrogens with zero attached hydrogens (tertiary/aromatic N) is 2. The Hall–Kier alpha value is -1.39. The van der Waals surface area contributed by atoms with E-state index in [9.17, 15) is 0 Å². The maximum absolute atomic E-state index is 5.38. The summed E-state index contributed by atoms with van der Waals surface area (Å²) in [6, 6.07) is 0. The lowest BCUT2D eigenvalue weighted by Gasteiger charge is -1.98. The van der Waals surface area contributed by atoms with Crippen LogP contribution in [0.25, 0.3) is 0 Å². The molecule has 0 unspecified atom stereocenters. The van der Waals surface area contributed by atoms with Crippen LogP contribution in [0.1, 0.15) is 0 Å². The highest BCUT2D eigenvalue weighted by molar-refractivity contribution is 5.39. The van der Waals surface area contributed by atoms with E-state index < -0.39 is 0 Å². The molecule has 0 radical (unpaired) electrons. The number of nitrogens with one attached hydrogen (secondary N) is 1. The first-order valence-electron chi connectivity index (χ1n) is 2.51. The largest absolute Gasteiger partial charge is 0.382 e. The molecule has 0 atom stereocenters. The van der Waals surface area contributed by atoms with Crippen LogP contribution in [0.4, 0.5) is 11.8 Å². The van der Waals surface area contributed by atoms with Crippen molar-refractivity contribution in [2.24, 2.45) is 0 Å². The van der Waals surface area contributed by atoms with Gasteiger partial charge < -0.3 is 16.9 Å². The molecule has 1 aromatic heterocycles. The summed E-state index contributed by atoms with van der Waals surface area (Å²) in [5.41, 5.74) is 5.35. The average molecular weight is 127 g/mol. The highest BCUT2D eigenvalue weighted by atomic mass is 15.4. The highest BCUT2D eigenvalue weighted by Crippen LogP contribution is 2.04. The third-order valence-electron chi connectivity index (χ3n) is 1.05. The molecule has 0 bridgehead atoms. The van der Waals surface area contributed by atoms with Crippen LogP contribution in [0.5, 0.6) is 0 Å². The Bertz CT molecular complexity index is 203. The van der Waals surface area contributed by atoms with Gasteiger partial charge in [0.15, 0.2) is 0 Å². The van der Waals surface area contributed by atoms with Crippen molar-refractivity contribution in [2.45, 2.75) is 0 Å². The SMILES string of the molecule is CNc1ncc(N)n1N. The summed E-state index contributed by atoms with van der Waals surface area (Å²) in [4.78, 5) is 3.84. The second kappa shape index (κ2) is 1.85. The monoisotopic (exact) mass is 127 g/mol. The summed E-state index contributed by atoms with van der Waals surface area (Å²) in [5.74, 6) is 6.39. The molecule has 0 fully saturated rings. The summed E-state index contributed by atoms with van der Waals surface area (Å²) in [7, 11) is 1.73. The van der Waals surface area contributed by atoms with E-state index in [0.717, 1.165) is 0 Å². The van der Waals surface area contributed by atoms with Crippen molar-refractivity contribution in [1.29, 1.82) is 0 Å². The molecular formula is C4H9N5. The molecule has 5 N–H and O–H groups in total. The molecule has 0 saturated heterocycles. The maximum atomic E-state index is 5.38. The van der Waals surface area contributed by atoms with Crippen molar-refractivity contribution in [3.63, 3.8) is 0 Å². The second-order valence-electron chi connectivity index (χ2n) is 1.63. The maximum Gasteiger partial charge on any atom is 0.223 e. The van der Waals surface area contributed by atoms with Gasteiger partial charge in [0.05, 0.1) is 6.20 Å². The third kappa shape index (κ3) is 0.758. The molecule has 0 aliphatic rings. The minimum atomic E-state index is 0.444. The van der Waals surface area contributed by atoms with E-state index >= 15 is 0 Å². The predicted molar refractivity (Wildman–Crippen MR) is 36.3 cm³/mol. The minimum absolute atomic E-state index is 0.444. The summed E-state index contributed by atoms with van der Waals surface area (Å²) in [6.45, 7) is 0. The number of hydrogen-bond donors (Lipinski definition) is 3. The van der Waals surface area contributed by atoms with Crippen LogP contribution in [-0.4, -0.2) is 16.7 Å². The molecule has 9 heavy (non-hydrogen) atoms. The second-order valence-corrected chi connectivity index (χ2v) is 1.63. The van der Waals surface area contributed by atoms with Gasteiger partial charge in [-0.15, -0.1) is 0 Å². The van der Waals surface area contributed by atoms with Crippen molar-refractivity contribution in [2.75, 3.05) is 23.9 Å². The van der Waals surface area contributed by atoms with Crippen LogP contribution >= 0.6 is 0 Å². The zero-order valence-electron chi connectivity index (χ0n) is 5.13. The quantitative estimate of drug-likeness (QED) is 0.432. The zero-order valence-corrected chi connectivity index (χ0v) is 5.13. The fraction of sp³-hybridized carbons (Fsp3) is 0.250. The smallest absolute Gasteiger partial charge is 0.223 e. The zero-order chi connectivity index (χ0) is 6.85. The topological polar surface area (TPSA) is 81.9 Å². The Balaban J connectivity index is 3.04. The number of imidazole rings is 1. The van der Waals surface area contributed by atoms with Crippen LogP contribution in [0.2, 0.25) is 0 Å². The van der Waals surface area contributed by atoms with E-state index in [1.165, 1.54) is 10.9 Å². The van der Waals surface area contributed by atoms with E-state index in [1.807, 2.05) is 0 Å². The summed E-state index contributed by atoms with van der Waals surface area (Å²) in [5, 5.41) is 2.76. The first-order valence-corrected chi connectivity index (χ1v) is 2.51. The number of nitrogen functional groups attached to an aromatic ring is 2. The lowest BCUT2D eigenvalue weighted by molar-refractivity contribution is 1.01. The lowest BCUT2D eigenvalue weighted by Crippen LogP contribution is -2.14. The van der Waals surface area contributed by atoms with Crippen molar-refractivity contribution >= 4 is 11.8 Å². The van der Waals surface area contributed by atoms with Gasteiger partial charge in [0.2, 0.25) is 5.95 Å². The van der Waals surface area contributed by atoms with Gasteiger partial charge in [-0.3, -0.25) is 0 Å². The Labute approximate surface area is 52.6 Å². The molecule has 1 heterocycles. The van der Waals surface area contributed by atoms with E-state index in [-0.39, 0.29) is 0 Å². The number of rotatable bonds is 1. The Morgan fingerprint density at radius 2 is 2.44 bits per heavy atom. The molecule has 50 valence electrons. The summed E-state index contributed by atoms with van der Waals surface area (Å²) < 4.78 is 1.28. The first kappa shape index (κ1) is 5.74. The molecular weight excluding hydrogens is 118 g/mol. The van der Waals surface area contributed by atoms with Crippen molar-refractivity contribution in [3.05, 3.63) is 6.20 Å². The number of anilines is 2. The van der Waals surface area contributed by atoms with E-state index in [2.05, 4.69) is 10.3 Å². The van der Waals surface area contributed by atoms with Crippen LogP contribution in [0.15, 0.2) is 6.20 Å². The van der Waals surface area contributed by atoms with Gasteiger partial charge >= 0.3 is 0 Å². The van der Waals surface area contributed by atoms with Crippen LogP contribution in [0, 0.1) is 0 Å². The molecule has 1 aromatic rings. The van der Waals surface area contributed by atoms with Gasteiger partial charge in [-0.1, -0.05) is 0 Å². The Morgan fingerprint density at radius 3 is 2.67 bits per heavy atom. The van der Waals surface area contributed by atoms with Crippen molar-refractivity contribution < 1.29 is 0 Å². The fourth-order valence-electron chi connectivity index (χ4n) is 0.559. The van der Waals surface area contributed by atoms with Gasteiger partial charge in [-0.05, 0) is 0 Å². The van der Waals surface area contributed by atoms with Crippen LogP contribution in [-0.2, 0) is 0 Å². The predicted octanol–water partition coefficient (Wildman–Crippen LogP) is -0.779. The molecule has 0 aromatic carbocycles. The molecule has 0 aliphatic heterocycles. The van der Waals surface area contributed by atoms with E-state index in [0.29, 0.717) is 11.8 Å². The average Bonchev–Trinajstić information content (AvgIpc) is 2.15. The van der Waals surface area contributed by atoms with Crippen LogP contribution < -0.4 is 16.9 Å². The third-order valence-corrected chi connectivity index (χ3v) is 1.05. The van der Waals surface area contributed by atoms with Crippen LogP contribution in [0.3, 0.4) is 0 Å². The first-order chi connectivity index (χ1) is 4.25. The highest BCUT2D eigenvalue weighted by Gasteiger charge is 1.98.